The summed E-state index contributed by atoms with van der Waals surface area (Å²) in [6.07, 6.45) is 7.42. The predicted octanol–water partition coefficient (Wildman–Crippen LogP) is 4.63. The summed E-state index contributed by atoms with van der Waals surface area (Å²) in [5.41, 5.74) is 1.59. The number of carbonyl (C=O) groups is 1. The summed E-state index contributed by atoms with van der Waals surface area (Å²) in [7, 11) is 0. The average Bonchev–Trinajstić information content (AvgIpc) is 3.02. The Morgan fingerprint density at radius 2 is 2.05 bits per heavy atom. The van der Waals surface area contributed by atoms with Gasteiger partial charge in [-0.25, -0.2) is 4.98 Å². The molecule has 0 aliphatic heterocycles. The zero-order chi connectivity index (χ0) is 15.9. The van der Waals surface area contributed by atoms with Gasteiger partial charge in [-0.1, -0.05) is 26.7 Å². The largest absolute Gasteiger partial charge is 0.380 e. The van der Waals surface area contributed by atoms with E-state index in [-0.39, 0.29) is 5.78 Å². The molecule has 1 aromatic rings. The van der Waals surface area contributed by atoms with Crippen molar-refractivity contribution >= 4 is 17.3 Å². The van der Waals surface area contributed by atoms with Crippen LogP contribution in [-0.2, 0) is 0 Å². The van der Waals surface area contributed by atoms with Crippen LogP contribution >= 0.6 is 0 Å². The summed E-state index contributed by atoms with van der Waals surface area (Å²) in [6, 6.07) is 4.73. The van der Waals surface area contributed by atoms with E-state index in [2.05, 4.69) is 29.5 Å². The Morgan fingerprint density at radius 3 is 2.68 bits per heavy atom. The molecule has 1 atom stereocenters. The predicted molar refractivity (Wildman–Crippen MR) is 92.7 cm³/mol. The van der Waals surface area contributed by atoms with Crippen molar-refractivity contribution in [1.82, 2.24) is 4.98 Å². The summed E-state index contributed by atoms with van der Waals surface area (Å²) in [5, 5.41) is 7.05. The number of pyridine rings is 1. The zero-order valence-corrected chi connectivity index (χ0v) is 14.1. The van der Waals surface area contributed by atoms with E-state index in [1.807, 2.05) is 19.1 Å². The molecule has 2 N–H and O–H groups in total. The van der Waals surface area contributed by atoms with Gasteiger partial charge in [0.1, 0.15) is 11.5 Å². The lowest BCUT2D eigenvalue weighted by Gasteiger charge is -2.20. The smallest absolute Gasteiger partial charge is 0.181 e. The van der Waals surface area contributed by atoms with Crippen LogP contribution in [0.4, 0.5) is 11.5 Å². The van der Waals surface area contributed by atoms with Gasteiger partial charge < -0.3 is 10.6 Å². The second-order valence-electron chi connectivity index (χ2n) is 6.35. The van der Waals surface area contributed by atoms with Crippen molar-refractivity contribution in [2.45, 2.75) is 77.8 Å². The fourth-order valence-electron chi connectivity index (χ4n) is 2.83. The lowest BCUT2D eigenvalue weighted by molar-refractivity contribution is 0.0977. The third kappa shape index (κ3) is 4.46. The second-order valence-corrected chi connectivity index (χ2v) is 6.35. The maximum atomic E-state index is 12.1. The standard InChI is InChI=1S/C18H29N3O/c1-4-8-17(22)15-11-12-16(19-13(3)5-2)18(21-15)20-14-9-6-7-10-14/h11-14,19H,4-10H2,1-3H3,(H,20,21). The van der Waals surface area contributed by atoms with Crippen molar-refractivity contribution in [3.63, 3.8) is 0 Å². The Morgan fingerprint density at radius 1 is 1.32 bits per heavy atom. The summed E-state index contributed by atoms with van der Waals surface area (Å²) < 4.78 is 0. The van der Waals surface area contributed by atoms with Crippen LogP contribution in [0.15, 0.2) is 12.1 Å². The van der Waals surface area contributed by atoms with Gasteiger partial charge in [-0.3, -0.25) is 4.79 Å². The van der Waals surface area contributed by atoms with Crippen LogP contribution in [-0.4, -0.2) is 22.9 Å². The topological polar surface area (TPSA) is 54.0 Å². The molecule has 1 unspecified atom stereocenters. The first-order chi connectivity index (χ1) is 10.6. The van der Waals surface area contributed by atoms with E-state index >= 15 is 0 Å². The molecule has 0 aromatic carbocycles. The van der Waals surface area contributed by atoms with Crippen LogP contribution in [0.2, 0.25) is 0 Å². The van der Waals surface area contributed by atoms with Crippen LogP contribution in [0.25, 0.3) is 0 Å². The minimum absolute atomic E-state index is 0.132. The molecule has 0 spiro atoms. The third-order valence-electron chi connectivity index (χ3n) is 4.37. The van der Waals surface area contributed by atoms with Gasteiger partial charge in [0.15, 0.2) is 5.78 Å². The zero-order valence-electron chi connectivity index (χ0n) is 14.1. The van der Waals surface area contributed by atoms with Gasteiger partial charge in [0.25, 0.3) is 0 Å². The molecule has 1 fully saturated rings. The molecular formula is C18H29N3O. The Labute approximate surface area is 134 Å². The van der Waals surface area contributed by atoms with Gasteiger partial charge in [0.2, 0.25) is 0 Å². The van der Waals surface area contributed by atoms with Gasteiger partial charge in [0.05, 0.1) is 5.69 Å². The monoisotopic (exact) mass is 303 g/mol. The lowest BCUT2D eigenvalue weighted by Crippen LogP contribution is -2.21. The van der Waals surface area contributed by atoms with Crippen molar-refractivity contribution in [2.24, 2.45) is 0 Å². The maximum absolute atomic E-state index is 12.1. The fourth-order valence-corrected chi connectivity index (χ4v) is 2.83. The van der Waals surface area contributed by atoms with Crippen LogP contribution in [0.1, 0.15) is 76.2 Å². The van der Waals surface area contributed by atoms with Crippen molar-refractivity contribution in [2.75, 3.05) is 10.6 Å². The molecular weight excluding hydrogens is 274 g/mol. The number of Topliss-reactive ketones (excluding diaryl/α,β-unsaturated/α-hetero) is 1. The fraction of sp³-hybridized carbons (Fsp3) is 0.667. The quantitative estimate of drug-likeness (QED) is 0.688. The average molecular weight is 303 g/mol. The molecule has 1 aliphatic carbocycles. The highest BCUT2D eigenvalue weighted by molar-refractivity contribution is 5.95. The van der Waals surface area contributed by atoms with Crippen molar-refractivity contribution in [3.8, 4) is 0 Å². The molecule has 1 saturated carbocycles. The minimum Gasteiger partial charge on any atom is -0.380 e. The van der Waals surface area contributed by atoms with Crippen LogP contribution in [0, 0.1) is 0 Å². The number of anilines is 2. The van der Waals surface area contributed by atoms with E-state index < -0.39 is 0 Å². The molecule has 122 valence electrons. The van der Waals surface area contributed by atoms with Crippen molar-refractivity contribution < 1.29 is 4.79 Å². The van der Waals surface area contributed by atoms with E-state index in [9.17, 15) is 4.79 Å². The lowest BCUT2D eigenvalue weighted by atomic mass is 10.1. The molecule has 0 bridgehead atoms. The first-order valence-electron chi connectivity index (χ1n) is 8.71. The Balaban J connectivity index is 2.21. The SMILES string of the molecule is CCCC(=O)c1ccc(NC(C)CC)c(NC2CCCC2)n1. The van der Waals surface area contributed by atoms with Gasteiger partial charge in [-0.15, -0.1) is 0 Å². The van der Waals surface area contributed by atoms with Crippen LogP contribution in [0.5, 0.6) is 0 Å². The Bertz CT molecular complexity index is 495. The highest BCUT2D eigenvalue weighted by Gasteiger charge is 2.18. The van der Waals surface area contributed by atoms with E-state index in [1.54, 1.807) is 0 Å². The highest BCUT2D eigenvalue weighted by atomic mass is 16.1. The molecule has 4 heteroatoms. The first kappa shape index (κ1) is 16.8. The van der Waals surface area contributed by atoms with Gasteiger partial charge in [0, 0.05) is 18.5 Å². The number of hydrogen-bond acceptors (Lipinski definition) is 4. The summed E-state index contributed by atoms with van der Waals surface area (Å²) in [4.78, 5) is 16.7. The Kier molecular flexibility index (Phi) is 6.22. The molecule has 1 aromatic heterocycles. The number of nitrogens with zero attached hydrogens (tertiary/aromatic N) is 1. The van der Waals surface area contributed by atoms with E-state index in [0.29, 0.717) is 24.2 Å². The van der Waals surface area contributed by atoms with Crippen LogP contribution < -0.4 is 10.6 Å². The van der Waals surface area contributed by atoms with Gasteiger partial charge in [-0.2, -0.15) is 0 Å². The number of carbonyl (C=O) groups excluding carboxylic acids is 1. The molecule has 0 radical (unpaired) electrons. The van der Waals surface area contributed by atoms with Crippen molar-refractivity contribution in [1.29, 1.82) is 0 Å². The van der Waals surface area contributed by atoms with Gasteiger partial charge >= 0.3 is 0 Å². The number of nitrogens with one attached hydrogen (secondary N) is 2. The van der Waals surface area contributed by atoms with E-state index in [1.165, 1.54) is 25.7 Å². The normalized spacial score (nSPS) is 16.5. The van der Waals surface area contributed by atoms with Crippen molar-refractivity contribution in [3.05, 3.63) is 17.8 Å². The number of aromatic nitrogens is 1. The number of ketones is 1. The molecule has 1 heterocycles. The first-order valence-corrected chi connectivity index (χ1v) is 8.71. The molecule has 2 rings (SSSR count). The van der Waals surface area contributed by atoms with E-state index in [4.69, 9.17) is 0 Å². The highest BCUT2D eigenvalue weighted by Crippen LogP contribution is 2.27. The van der Waals surface area contributed by atoms with Crippen LogP contribution in [0.3, 0.4) is 0 Å². The molecule has 22 heavy (non-hydrogen) atoms. The molecule has 0 amide bonds. The van der Waals surface area contributed by atoms with Gasteiger partial charge in [-0.05, 0) is 44.7 Å². The summed E-state index contributed by atoms with van der Waals surface area (Å²) >= 11 is 0. The molecule has 0 saturated heterocycles. The minimum atomic E-state index is 0.132. The number of hydrogen-bond donors (Lipinski definition) is 2. The summed E-state index contributed by atoms with van der Waals surface area (Å²) in [5.74, 6) is 0.973. The second kappa shape index (κ2) is 8.16. The molecule has 1 aliphatic rings. The Hall–Kier alpha value is -1.58. The molecule has 4 nitrogen and oxygen atoms in total. The van der Waals surface area contributed by atoms with E-state index in [0.717, 1.165) is 24.3 Å². The third-order valence-corrected chi connectivity index (χ3v) is 4.37. The number of rotatable bonds is 8. The maximum Gasteiger partial charge on any atom is 0.181 e. The summed E-state index contributed by atoms with van der Waals surface area (Å²) in [6.45, 7) is 6.35.